The molecule has 0 aromatic carbocycles. The van der Waals surface area contributed by atoms with Gasteiger partial charge in [0, 0.05) is 38.1 Å². The van der Waals surface area contributed by atoms with E-state index in [4.69, 9.17) is 0 Å². The van der Waals surface area contributed by atoms with Gasteiger partial charge in [-0.25, -0.2) is 0 Å². The summed E-state index contributed by atoms with van der Waals surface area (Å²) in [5.41, 5.74) is 0. The molecule has 25 heavy (non-hydrogen) atoms. The quantitative estimate of drug-likeness (QED) is 0.886. The SMILES string of the molecule is CC(C)N1CC(C(=O)N2CCC(NC(=O)c3cccs3)CC2)CC1=O. The lowest BCUT2D eigenvalue weighted by Gasteiger charge is -2.33. The predicted octanol–water partition coefficient (Wildman–Crippen LogP) is 1.73. The highest BCUT2D eigenvalue weighted by molar-refractivity contribution is 7.12. The molecule has 1 aromatic heterocycles. The van der Waals surface area contributed by atoms with Crippen LogP contribution in [0.4, 0.5) is 0 Å². The van der Waals surface area contributed by atoms with Gasteiger partial charge in [0.2, 0.25) is 11.8 Å². The standard InChI is InChI=1S/C18H25N3O3S/c1-12(2)21-11-13(10-16(21)22)18(24)20-7-5-14(6-8-20)19-17(23)15-4-3-9-25-15/h3-4,9,12-14H,5-8,10-11H2,1-2H3,(H,19,23). The molecule has 2 aliphatic rings. The van der Waals surface area contributed by atoms with E-state index < -0.39 is 0 Å². The van der Waals surface area contributed by atoms with Crippen molar-refractivity contribution in [3.8, 4) is 0 Å². The minimum Gasteiger partial charge on any atom is -0.348 e. The van der Waals surface area contributed by atoms with Gasteiger partial charge in [-0.1, -0.05) is 6.07 Å². The maximum absolute atomic E-state index is 12.7. The third-order valence-electron chi connectivity index (χ3n) is 5.02. The largest absolute Gasteiger partial charge is 0.348 e. The average molecular weight is 363 g/mol. The molecule has 0 bridgehead atoms. The maximum atomic E-state index is 12.7. The Hall–Kier alpha value is -1.89. The van der Waals surface area contributed by atoms with Crippen molar-refractivity contribution in [2.24, 2.45) is 5.92 Å². The first-order chi connectivity index (χ1) is 12.0. The summed E-state index contributed by atoms with van der Waals surface area (Å²) in [5, 5.41) is 4.94. The van der Waals surface area contributed by atoms with Crippen LogP contribution in [0.15, 0.2) is 17.5 Å². The molecule has 3 heterocycles. The first kappa shape index (κ1) is 17.9. The van der Waals surface area contributed by atoms with Gasteiger partial charge >= 0.3 is 0 Å². The fraction of sp³-hybridized carbons (Fsp3) is 0.611. The molecule has 7 heteroatoms. The van der Waals surface area contributed by atoms with Gasteiger partial charge in [-0.15, -0.1) is 11.3 Å². The average Bonchev–Trinajstić information content (AvgIpc) is 3.24. The normalized spacial score (nSPS) is 21.9. The Balaban J connectivity index is 1.48. The molecular formula is C18H25N3O3S. The monoisotopic (exact) mass is 363 g/mol. The zero-order valence-corrected chi connectivity index (χ0v) is 15.6. The van der Waals surface area contributed by atoms with Crippen LogP contribution < -0.4 is 5.32 Å². The van der Waals surface area contributed by atoms with Crippen LogP contribution in [0.25, 0.3) is 0 Å². The summed E-state index contributed by atoms with van der Waals surface area (Å²) in [6.07, 6.45) is 1.85. The van der Waals surface area contributed by atoms with Crippen molar-refractivity contribution in [2.75, 3.05) is 19.6 Å². The number of amides is 3. The van der Waals surface area contributed by atoms with Crippen LogP contribution in [0.1, 0.15) is 42.8 Å². The summed E-state index contributed by atoms with van der Waals surface area (Å²) in [7, 11) is 0. The first-order valence-electron chi connectivity index (χ1n) is 8.88. The molecule has 1 aromatic rings. The van der Waals surface area contributed by atoms with E-state index in [1.54, 1.807) is 4.90 Å². The number of nitrogens with zero attached hydrogens (tertiary/aromatic N) is 2. The topological polar surface area (TPSA) is 69.7 Å². The van der Waals surface area contributed by atoms with E-state index in [0.29, 0.717) is 26.1 Å². The molecule has 0 radical (unpaired) electrons. The Morgan fingerprint density at radius 1 is 1.28 bits per heavy atom. The molecule has 6 nitrogen and oxygen atoms in total. The first-order valence-corrected chi connectivity index (χ1v) is 9.76. The highest BCUT2D eigenvalue weighted by Gasteiger charge is 2.38. The Kier molecular flexibility index (Phi) is 5.42. The molecule has 3 amide bonds. The summed E-state index contributed by atoms with van der Waals surface area (Å²) in [6.45, 7) is 5.77. The second-order valence-electron chi connectivity index (χ2n) is 7.09. The molecule has 1 atom stereocenters. The number of carbonyl (C=O) groups excluding carboxylic acids is 3. The van der Waals surface area contributed by atoms with Crippen LogP contribution >= 0.6 is 11.3 Å². The van der Waals surface area contributed by atoms with E-state index in [1.807, 2.05) is 36.3 Å². The number of hydrogen-bond acceptors (Lipinski definition) is 4. The van der Waals surface area contributed by atoms with Gasteiger partial charge in [0.05, 0.1) is 10.8 Å². The summed E-state index contributed by atoms with van der Waals surface area (Å²) >= 11 is 1.43. The number of carbonyl (C=O) groups is 3. The van der Waals surface area contributed by atoms with E-state index in [2.05, 4.69) is 5.32 Å². The lowest BCUT2D eigenvalue weighted by atomic mass is 10.0. The molecule has 3 rings (SSSR count). The van der Waals surface area contributed by atoms with Crippen molar-refractivity contribution in [3.05, 3.63) is 22.4 Å². The van der Waals surface area contributed by atoms with E-state index in [0.717, 1.165) is 17.7 Å². The molecule has 2 aliphatic heterocycles. The second kappa shape index (κ2) is 7.56. The molecule has 136 valence electrons. The summed E-state index contributed by atoms with van der Waals surface area (Å²) in [4.78, 5) is 41.2. The van der Waals surface area contributed by atoms with Crippen LogP contribution in [0, 0.1) is 5.92 Å². The van der Waals surface area contributed by atoms with E-state index in [1.165, 1.54) is 11.3 Å². The van der Waals surface area contributed by atoms with Crippen molar-refractivity contribution in [3.63, 3.8) is 0 Å². The zero-order chi connectivity index (χ0) is 18.0. The fourth-order valence-electron chi connectivity index (χ4n) is 3.56. The van der Waals surface area contributed by atoms with Crippen molar-refractivity contribution < 1.29 is 14.4 Å². The Labute approximate surface area is 152 Å². The van der Waals surface area contributed by atoms with Crippen molar-refractivity contribution in [1.82, 2.24) is 15.1 Å². The van der Waals surface area contributed by atoms with Gasteiger partial charge in [-0.05, 0) is 38.1 Å². The molecule has 0 aliphatic carbocycles. The number of thiophene rings is 1. The van der Waals surface area contributed by atoms with E-state index in [9.17, 15) is 14.4 Å². The lowest BCUT2D eigenvalue weighted by molar-refractivity contribution is -0.136. The third-order valence-corrected chi connectivity index (χ3v) is 5.89. The number of rotatable bonds is 4. The predicted molar refractivity (Wildman–Crippen MR) is 96.3 cm³/mol. The van der Waals surface area contributed by atoms with E-state index >= 15 is 0 Å². The van der Waals surface area contributed by atoms with Gasteiger partial charge in [0.1, 0.15) is 0 Å². The third kappa shape index (κ3) is 4.03. The van der Waals surface area contributed by atoms with Crippen molar-refractivity contribution in [2.45, 2.75) is 45.2 Å². The highest BCUT2D eigenvalue weighted by atomic mass is 32.1. The molecule has 0 saturated carbocycles. The van der Waals surface area contributed by atoms with Crippen LogP contribution in [-0.4, -0.2) is 59.2 Å². The summed E-state index contributed by atoms with van der Waals surface area (Å²) in [6, 6.07) is 3.93. The molecule has 2 saturated heterocycles. The lowest BCUT2D eigenvalue weighted by Crippen LogP contribution is -2.48. The smallest absolute Gasteiger partial charge is 0.261 e. The molecule has 2 fully saturated rings. The Bertz CT molecular complexity index is 636. The number of piperidine rings is 1. The number of likely N-dealkylation sites (tertiary alicyclic amines) is 2. The van der Waals surface area contributed by atoms with Crippen molar-refractivity contribution in [1.29, 1.82) is 0 Å². The Morgan fingerprint density at radius 3 is 2.56 bits per heavy atom. The molecule has 1 unspecified atom stereocenters. The molecule has 0 spiro atoms. The maximum Gasteiger partial charge on any atom is 0.261 e. The minimum absolute atomic E-state index is 0.0336. The zero-order valence-electron chi connectivity index (χ0n) is 14.7. The fourth-order valence-corrected chi connectivity index (χ4v) is 4.19. The van der Waals surface area contributed by atoms with Crippen LogP contribution in [0.2, 0.25) is 0 Å². The molecular weight excluding hydrogens is 338 g/mol. The van der Waals surface area contributed by atoms with Gasteiger partial charge in [0.15, 0.2) is 0 Å². The highest BCUT2D eigenvalue weighted by Crippen LogP contribution is 2.24. The van der Waals surface area contributed by atoms with Crippen LogP contribution in [-0.2, 0) is 9.59 Å². The van der Waals surface area contributed by atoms with Gasteiger partial charge < -0.3 is 15.1 Å². The Morgan fingerprint density at radius 2 is 2.00 bits per heavy atom. The summed E-state index contributed by atoms with van der Waals surface area (Å²) < 4.78 is 0. The van der Waals surface area contributed by atoms with Gasteiger partial charge in [-0.3, -0.25) is 14.4 Å². The minimum atomic E-state index is -0.216. The second-order valence-corrected chi connectivity index (χ2v) is 8.04. The molecule has 1 N–H and O–H groups in total. The van der Waals surface area contributed by atoms with Crippen molar-refractivity contribution >= 4 is 29.1 Å². The number of hydrogen-bond donors (Lipinski definition) is 1. The number of nitrogens with one attached hydrogen (secondary N) is 1. The van der Waals surface area contributed by atoms with E-state index in [-0.39, 0.29) is 35.7 Å². The summed E-state index contributed by atoms with van der Waals surface area (Å²) in [5.74, 6) is -0.0909. The van der Waals surface area contributed by atoms with Crippen LogP contribution in [0.5, 0.6) is 0 Å². The van der Waals surface area contributed by atoms with Gasteiger partial charge in [0.25, 0.3) is 5.91 Å². The van der Waals surface area contributed by atoms with Crippen LogP contribution in [0.3, 0.4) is 0 Å². The van der Waals surface area contributed by atoms with Gasteiger partial charge in [-0.2, -0.15) is 0 Å².